The Morgan fingerprint density at radius 2 is 1.00 bits per heavy atom. The quantitative estimate of drug-likeness (QED) is 0.196. The van der Waals surface area contributed by atoms with Crippen molar-refractivity contribution < 1.29 is 9.47 Å². The van der Waals surface area contributed by atoms with Crippen LogP contribution in [-0.2, 0) is 0 Å². The molecule has 0 amide bonds. The maximum atomic E-state index is 6.53. The second-order valence-electron chi connectivity index (χ2n) is 12.6. The summed E-state index contributed by atoms with van der Waals surface area (Å²) in [6.45, 7) is 3.91. The van der Waals surface area contributed by atoms with E-state index in [1.165, 1.54) is 10.8 Å². The summed E-state index contributed by atoms with van der Waals surface area (Å²) in [5.41, 5.74) is 11.8. The molecule has 3 aromatic heterocycles. The van der Waals surface area contributed by atoms with Crippen LogP contribution in [0.25, 0.3) is 72.0 Å². The molecule has 230 valence electrons. The molecule has 5 heteroatoms. The maximum Gasteiger partial charge on any atom is 0.245 e. The minimum Gasteiger partial charge on any atom is -0.452 e. The zero-order chi connectivity index (χ0) is 32.2. The molecule has 0 saturated carbocycles. The topological polar surface area (TPSA) is 49.2 Å². The highest BCUT2D eigenvalue weighted by molar-refractivity contribution is 6.09. The van der Waals surface area contributed by atoms with E-state index in [1.807, 2.05) is 38.4 Å². The smallest absolute Gasteiger partial charge is 0.245 e. The predicted molar refractivity (Wildman–Crippen MR) is 193 cm³/mol. The van der Waals surface area contributed by atoms with Crippen LogP contribution in [0.3, 0.4) is 0 Å². The van der Waals surface area contributed by atoms with E-state index in [4.69, 9.17) is 9.47 Å². The number of fused-ring (bicyclic) bond motifs is 6. The maximum absolute atomic E-state index is 6.53. The summed E-state index contributed by atoms with van der Waals surface area (Å²) in [7, 11) is 0. The Morgan fingerprint density at radius 3 is 1.56 bits per heavy atom. The predicted octanol–water partition coefficient (Wildman–Crippen LogP) is 10.7. The third-order valence-electron chi connectivity index (χ3n) is 9.04. The lowest BCUT2D eigenvalue weighted by atomic mass is 9.92. The Kier molecular flexibility index (Phi) is 6.40. The number of hydrogen-bond donors (Lipinski definition) is 0. The normalized spacial score (nSPS) is 13.3. The van der Waals surface area contributed by atoms with E-state index >= 15 is 0 Å². The van der Waals surface area contributed by atoms with Crippen LogP contribution in [0.5, 0.6) is 11.5 Å². The monoisotopic (exact) mass is 621 g/mol. The van der Waals surface area contributed by atoms with E-state index in [1.54, 1.807) is 12.4 Å². The summed E-state index contributed by atoms with van der Waals surface area (Å²) in [5.74, 6) is 0.696. The molecule has 8 aromatic rings. The minimum absolute atomic E-state index is 0.776. The summed E-state index contributed by atoms with van der Waals surface area (Å²) in [6, 6.07) is 44.8. The van der Waals surface area contributed by atoms with Gasteiger partial charge in [-0.05, 0) is 95.1 Å². The van der Waals surface area contributed by atoms with E-state index in [-0.39, 0.29) is 0 Å². The number of pyridine rings is 2. The van der Waals surface area contributed by atoms with Gasteiger partial charge in [-0.3, -0.25) is 9.97 Å². The van der Waals surface area contributed by atoms with Crippen molar-refractivity contribution in [1.29, 1.82) is 0 Å². The molecule has 0 aliphatic carbocycles. The lowest BCUT2D eigenvalue weighted by Gasteiger charge is -2.25. The molecule has 0 unspecified atom stereocenters. The Balaban J connectivity index is 1.25. The van der Waals surface area contributed by atoms with Gasteiger partial charge in [0.2, 0.25) is 5.79 Å². The first-order chi connectivity index (χ1) is 23.5. The van der Waals surface area contributed by atoms with Gasteiger partial charge in [0.1, 0.15) is 11.5 Å². The van der Waals surface area contributed by atoms with Crippen molar-refractivity contribution in [2.24, 2.45) is 0 Å². The van der Waals surface area contributed by atoms with Gasteiger partial charge >= 0.3 is 0 Å². The van der Waals surface area contributed by atoms with Gasteiger partial charge < -0.3 is 14.0 Å². The summed E-state index contributed by atoms with van der Waals surface area (Å²) < 4.78 is 15.4. The van der Waals surface area contributed by atoms with E-state index < -0.39 is 5.79 Å². The number of hydrogen-bond acceptors (Lipinski definition) is 4. The summed E-state index contributed by atoms with van der Waals surface area (Å²) in [5, 5.41) is 2.45. The standard InChI is InChI=1S/C43H31N3O2/c1-43(2)47-41-17-15-28(31-21-32(29-9-7-19-44-26-29)23-33(22-31)30-10-8-20-45-27-30)24-37(41)38-25-34(16-18-42(38)48-43)46-39-13-5-3-11-35(39)36-12-4-6-14-40(36)46/h3-27H,1-2H3. The third kappa shape index (κ3) is 4.79. The molecule has 0 atom stereocenters. The number of rotatable bonds is 4. The van der Waals surface area contributed by atoms with Gasteiger partial charge in [-0.15, -0.1) is 0 Å². The van der Waals surface area contributed by atoms with Crippen LogP contribution in [0.15, 0.2) is 152 Å². The Hall–Kier alpha value is -6.20. The van der Waals surface area contributed by atoms with Crippen molar-refractivity contribution in [3.63, 3.8) is 0 Å². The molecule has 5 aromatic carbocycles. The van der Waals surface area contributed by atoms with Gasteiger partial charge in [0.25, 0.3) is 0 Å². The van der Waals surface area contributed by atoms with Crippen LogP contribution in [0.4, 0.5) is 0 Å². The highest BCUT2D eigenvalue weighted by atomic mass is 16.7. The zero-order valence-electron chi connectivity index (χ0n) is 26.6. The first-order valence-electron chi connectivity index (χ1n) is 16.1. The first-order valence-corrected chi connectivity index (χ1v) is 16.1. The molecule has 0 saturated heterocycles. The second-order valence-corrected chi connectivity index (χ2v) is 12.6. The number of para-hydroxylation sites is 2. The molecule has 0 spiro atoms. The molecule has 0 bridgehead atoms. The Bertz CT molecular complexity index is 2370. The van der Waals surface area contributed by atoms with Gasteiger partial charge in [-0.25, -0.2) is 0 Å². The molecular weight excluding hydrogens is 590 g/mol. The minimum atomic E-state index is -0.858. The zero-order valence-corrected chi connectivity index (χ0v) is 26.6. The van der Waals surface area contributed by atoms with Gasteiger partial charge in [0.15, 0.2) is 0 Å². The largest absolute Gasteiger partial charge is 0.452 e. The fourth-order valence-corrected chi connectivity index (χ4v) is 6.91. The van der Waals surface area contributed by atoms with Gasteiger partial charge in [-0.1, -0.05) is 54.6 Å². The van der Waals surface area contributed by atoms with Crippen molar-refractivity contribution in [3.8, 4) is 61.7 Å². The molecule has 1 aliphatic rings. The van der Waals surface area contributed by atoms with Crippen LogP contribution in [-0.4, -0.2) is 20.3 Å². The first kappa shape index (κ1) is 28.1. The van der Waals surface area contributed by atoms with Crippen molar-refractivity contribution in [2.75, 3.05) is 0 Å². The average Bonchev–Trinajstić information content (AvgIpc) is 3.41. The number of ether oxygens (including phenoxy) is 2. The summed E-state index contributed by atoms with van der Waals surface area (Å²) in [4.78, 5) is 8.79. The lowest BCUT2D eigenvalue weighted by molar-refractivity contribution is -0.0778. The van der Waals surface area contributed by atoms with Crippen LogP contribution >= 0.6 is 0 Å². The molecule has 0 radical (unpaired) electrons. The highest BCUT2D eigenvalue weighted by Gasteiger charge is 2.30. The molecule has 5 nitrogen and oxygen atoms in total. The molecule has 0 N–H and O–H groups in total. The SMILES string of the molecule is CC1(C)Oc2ccc(-c3cc(-c4cccnc4)cc(-c4cccnc4)c3)cc2-c2cc(-n3c4ccccc4c4ccccc43)ccc2O1. The van der Waals surface area contributed by atoms with E-state index in [2.05, 4.69) is 130 Å². The van der Waals surface area contributed by atoms with Crippen molar-refractivity contribution >= 4 is 21.8 Å². The molecule has 0 fully saturated rings. The summed E-state index contributed by atoms with van der Waals surface area (Å²) >= 11 is 0. The lowest BCUT2D eigenvalue weighted by Crippen LogP contribution is -2.34. The fraction of sp³-hybridized carbons (Fsp3) is 0.0698. The molecule has 9 rings (SSSR count). The highest BCUT2D eigenvalue weighted by Crippen LogP contribution is 2.46. The van der Waals surface area contributed by atoms with E-state index in [0.29, 0.717) is 0 Å². The van der Waals surface area contributed by atoms with Crippen molar-refractivity contribution in [2.45, 2.75) is 19.6 Å². The number of aromatic nitrogens is 3. The number of benzene rings is 5. The van der Waals surface area contributed by atoms with E-state index in [0.717, 1.165) is 72.7 Å². The van der Waals surface area contributed by atoms with Crippen LogP contribution in [0.1, 0.15) is 13.8 Å². The van der Waals surface area contributed by atoms with Crippen LogP contribution < -0.4 is 9.47 Å². The van der Waals surface area contributed by atoms with Gasteiger partial charge in [0.05, 0.1) is 11.0 Å². The second kappa shape index (κ2) is 11.0. The fourth-order valence-electron chi connectivity index (χ4n) is 6.91. The van der Waals surface area contributed by atoms with Crippen molar-refractivity contribution in [3.05, 3.63) is 152 Å². The summed E-state index contributed by atoms with van der Waals surface area (Å²) in [6.07, 6.45) is 7.42. The van der Waals surface area contributed by atoms with Crippen molar-refractivity contribution in [1.82, 2.24) is 14.5 Å². The Morgan fingerprint density at radius 1 is 0.479 bits per heavy atom. The molecule has 48 heavy (non-hydrogen) atoms. The van der Waals surface area contributed by atoms with Crippen LogP contribution in [0, 0.1) is 0 Å². The molecular formula is C43H31N3O2. The van der Waals surface area contributed by atoms with Gasteiger partial charge in [-0.2, -0.15) is 0 Å². The third-order valence-corrected chi connectivity index (χ3v) is 9.04. The molecule has 1 aliphatic heterocycles. The average molecular weight is 622 g/mol. The van der Waals surface area contributed by atoms with E-state index in [9.17, 15) is 0 Å². The number of nitrogens with zero attached hydrogens (tertiary/aromatic N) is 3. The Labute approximate surface area is 278 Å². The van der Waals surface area contributed by atoms with Crippen LogP contribution in [0.2, 0.25) is 0 Å². The molecule has 4 heterocycles. The van der Waals surface area contributed by atoms with Gasteiger partial charge in [0, 0.05) is 77.3 Å².